The summed E-state index contributed by atoms with van der Waals surface area (Å²) in [4.78, 5) is 1.29. The molecule has 1 nitrogen and oxygen atoms in total. The van der Waals surface area contributed by atoms with E-state index < -0.39 is 0 Å². The third kappa shape index (κ3) is 3.11. The first-order valence-electron chi connectivity index (χ1n) is 4.74. The normalized spacial score (nSPS) is 10.8. The van der Waals surface area contributed by atoms with Gasteiger partial charge in [0, 0.05) is 4.90 Å². The van der Waals surface area contributed by atoms with E-state index >= 15 is 0 Å². The summed E-state index contributed by atoms with van der Waals surface area (Å²) in [5, 5.41) is 2.13. The van der Waals surface area contributed by atoms with Gasteiger partial charge in [0.2, 0.25) is 0 Å². The molecule has 14 heavy (non-hydrogen) atoms. The maximum atomic E-state index is 5.15. The van der Waals surface area contributed by atoms with Crippen LogP contribution in [0.2, 0.25) is 0 Å². The molecule has 0 bridgehead atoms. The molecule has 0 aromatic heterocycles. The zero-order valence-corrected chi connectivity index (χ0v) is 9.73. The number of hydrogen-bond donors (Lipinski definition) is 0. The molecule has 0 radical (unpaired) electrons. The summed E-state index contributed by atoms with van der Waals surface area (Å²) in [5.74, 6) is 0.923. The molecule has 0 aliphatic rings. The van der Waals surface area contributed by atoms with Gasteiger partial charge < -0.3 is 4.74 Å². The van der Waals surface area contributed by atoms with Crippen LogP contribution in [-0.4, -0.2) is 7.11 Å². The Balaban J connectivity index is 2.73. The maximum absolute atomic E-state index is 5.15. The predicted octanol–water partition coefficient (Wildman–Crippen LogP) is 4.02. The summed E-state index contributed by atoms with van der Waals surface area (Å²) in [6.45, 7) is 4.24. The smallest absolute Gasteiger partial charge is 0.119 e. The fraction of sp³-hybridized carbons (Fsp3) is 0.333. The van der Waals surface area contributed by atoms with Crippen LogP contribution >= 0.6 is 11.8 Å². The first kappa shape index (κ1) is 11.2. The van der Waals surface area contributed by atoms with Crippen LogP contribution in [0.15, 0.2) is 34.6 Å². The van der Waals surface area contributed by atoms with Gasteiger partial charge in [0.1, 0.15) is 5.75 Å². The minimum Gasteiger partial charge on any atom is -0.497 e. The van der Waals surface area contributed by atoms with Crippen molar-refractivity contribution < 1.29 is 4.74 Å². The molecule has 1 aromatic carbocycles. The molecule has 0 atom stereocenters. The second-order valence-electron chi connectivity index (χ2n) is 3.03. The standard InChI is InChI=1S/C12H16OS/c1-4-5-8-14-12-7-6-11(13-3)9-10(12)2/h5-9H,4H2,1-3H3/b8-5+. The van der Waals surface area contributed by atoms with Crippen LogP contribution in [0.4, 0.5) is 0 Å². The Bertz CT molecular complexity index is 318. The van der Waals surface area contributed by atoms with Crippen LogP contribution in [0, 0.1) is 6.92 Å². The molecule has 0 N–H and O–H groups in total. The van der Waals surface area contributed by atoms with Crippen molar-refractivity contribution in [1.82, 2.24) is 0 Å². The van der Waals surface area contributed by atoms with E-state index in [4.69, 9.17) is 4.74 Å². The van der Waals surface area contributed by atoms with E-state index in [2.05, 4.69) is 37.5 Å². The minimum atomic E-state index is 0.923. The van der Waals surface area contributed by atoms with E-state index in [1.165, 1.54) is 10.5 Å². The highest BCUT2D eigenvalue weighted by Gasteiger charge is 1.98. The molecule has 2 heteroatoms. The summed E-state index contributed by atoms with van der Waals surface area (Å²) < 4.78 is 5.15. The number of rotatable bonds is 4. The second kappa shape index (κ2) is 5.76. The van der Waals surface area contributed by atoms with Crippen LogP contribution in [0.5, 0.6) is 5.75 Å². The third-order valence-corrected chi connectivity index (χ3v) is 2.95. The lowest BCUT2D eigenvalue weighted by molar-refractivity contribution is 0.414. The molecule has 1 aromatic rings. The highest BCUT2D eigenvalue weighted by Crippen LogP contribution is 2.26. The fourth-order valence-electron chi connectivity index (χ4n) is 1.10. The average molecular weight is 208 g/mol. The molecule has 0 spiro atoms. The molecule has 0 aliphatic heterocycles. The highest BCUT2D eigenvalue weighted by molar-refractivity contribution is 8.02. The molecule has 76 valence electrons. The summed E-state index contributed by atoms with van der Waals surface area (Å²) in [6, 6.07) is 6.15. The van der Waals surface area contributed by atoms with Crippen molar-refractivity contribution in [3.05, 3.63) is 35.2 Å². The Morgan fingerprint density at radius 2 is 2.21 bits per heavy atom. The molecular formula is C12H16OS. The van der Waals surface area contributed by atoms with Crippen LogP contribution in [0.25, 0.3) is 0 Å². The SMILES string of the molecule is CC/C=C/Sc1ccc(OC)cc1C. The maximum Gasteiger partial charge on any atom is 0.119 e. The van der Waals surface area contributed by atoms with Gasteiger partial charge in [-0.1, -0.05) is 24.8 Å². The van der Waals surface area contributed by atoms with Crippen molar-refractivity contribution in [2.45, 2.75) is 25.2 Å². The molecule has 0 fully saturated rings. The zero-order valence-electron chi connectivity index (χ0n) is 8.91. The molecule has 0 saturated carbocycles. The number of aryl methyl sites for hydroxylation is 1. The lowest BCUT2D eigenvalue weighted by atomic mass is 10.2. The largest absolute Gasteiger partial charge is 0.497 e. The van der Waals surface area contributed by atoms with Gasteiger partial charge in [-0.25, -0.2) is 0 Å². The minimum absolute atomic E-state index is 0.923. The Hall–Kier alpha value is -0.890. The Labute approximate surface area is 90.2 Å². The van der Waals surface area contributed by atoms with Crippen molar-refractivity contribution in [3.63, 3.8) is 0 Å². The topological polar surface area (TPSA) is 9.23 Å². The summed E-state index contributed by atoms with van der Waals surface area (Å²) in [7, 11) is 1.69. The van der Waals surface area contributed by atoms with Gasteiger partial charge in [-0.05, 0) is 42.5 Å². The van der Waals surface area contributed by atoms with E-state index in [9.17, 15) is 0 Å². The van der Waals surface area contributed by atoms with Gasteiger partial charge in [0.05, 0.1) is 7.11 Å². The van der Waals surface area contributed by atoms with Crippen LogP contribution in [-0.2, 0) is 0 Å². The van der Waals surface area contributed by atoms with E-state index in [0.717, 1.165) is 12.2 Å². The van der Waals surface area contributed by atoms with Gasteiger partial charge in [0.25, 0.3) is 0 Å². The van der Waals surface area contributed by atoms with E-state index in [1.807, 2.05) is 6.07 Å². The van der Waals surface area contributed by atoms with Crippen LogP contribution < -0.4 is 4.74 Å². The molecule has 0 aliphatic carbocycles. The number of hydrogen-bond acceptors (Lipinski definition) is 2. The Morgan fingerprint density at radius 1 is 1.43 bits per heavy atom. The third-order valence-electron chi connectivity index (χ3n) is 1.91. The monoisotopic (exact) mass is 208 g/mol. The summed E-state index contributed by atoms with van der Waals surface area (Å²) >= 11 is 1.75. The van der Waals surface area contributed by atoms with Gasteiger partial charge in [-0.3, -0.25) is 0 Å². The van der Waals surface area contributed by atoms with E-state index in [-0.39, 0.29) is 0 Å². The first-order chi connectivity index (χ1) is 6.77. The molecule has 0 heterocycles. The van der Waals surface area contributed by atoms with E-state index in [0.29, 0.717) is 0 Å². The van der Waals surface area contributed by atoms with Crippen molar-refractivity contribution >= 4 is 11.8 Å². The number of thioether (sulfide) groups is 1. The lowest BCUT2D eigenvalue weighted by Gasteiger charge is -2.04. The zero-order chi connectivity index (χ0) is 10.4. The number of ether oxygens (including phenoxy) is 1. The average Bonchev–Trinajstić information content (AvgIpc) is 2.20. The fourth-order valence-corrected chi connectivity index (χ4v) is 1.93. The number of allylic oxidation sites excluding steroid dienone is 1. The molecule has 1 rings (SSSR count). The Morgan fingerprint density at radius 3 is 2.79 bits per heavy atom. The second-order valence-corrected chi connectivity index (χ2v) is 3.98. The van der Waals surface area contributed by atoms with Gasteiger partial charge >= 0.3 is 0 Å². The first-order valence-corrected chi connectivity index (χ1v) is 5.62. The van der Waals surface area contributed by atoms with Crippen LogP contribution in [0.1, 0.15) is 18.9 Å². The van der Waals surface area contributed by atoms with Crippen molar-refractivity contribution in [2.24, 2.45) is 0 Å². The quantitative estimate of drug-likeness (QED) is 0.691. The molecule has 0 unspecified atom stereocenters. The summed E-state index contributed by atoms with van der Waals surface area (Å²) in [5.41, 5.74) is 1.26. The van der Waals surface area contributed by atoms with Crippen LogP contribution in [0.3, 0.4) is 0 Å². The predicted molar refractivity (Wildman–Crippen MR) is 63.0 cm³/mol. The molecular weight excluding hydrogens is 192 g/mol. The summed E-state index contributed by atoms with van der Waals surface area (Å²) in [6.07, 6.45) is 3.25. The Kier molecular flexibility index (Phi) is 4.60. The van der Waals surface area contributed by atoms with Crippen molar-refractivity contribution in [2.75, 3.05) is 7.11 Å². The van der Waals surface area contributed by atoms with Gasteiger partial charge in [-0.15, -0.1) is 0 Å². The van der Waals surface area contributed by atoms with Gasteiger partial charge in [-0.2, -0.15) is 0 Å². The van der Waals surface area contributed by atoms with E-state index in [1.54, 1.807) is 18.9 Å². The highest BCUT2D eigenvalue weighted by atomic mass is 32.2. The van der Waals surface area contributed by atoms with Crippen molar-refractivity contribution in [1.29, 1.82) is 0 Å². The molecule has 0 amide bonds. The molecule has 0 saturated heterocycles. The van der Waals surface area contributed by atoms with Crippen molar-refractivity contribution in [3.8, 4) is 5.75 Å². The number of benzene rings is 1. The lowest BCUT2D eigenvalue weighted by Crippen LogP contribution is -1.84. The number of methoxy groups -OCH3 is 1. The van der Waals surface area contributed by atoms with Gasteiger partial charge in [0.15, 0.2) is 0 Å².